The van der Waals surface area contributed by atoms with Gasteiger partial charge in [-0.05, 0) is 36.4 Å². The molecule has 0 aromatic heterocycles. The first-order chi connectivity index (χ1) is 13.8. The van der Waals surface area contributed by atoms with Gasteiger partial charge in [0, 0.05) is 21.3 Å². The quantitative estimate of drug-likeness (QED) is 0.417. The van der Waals surface area contributed by atoms with Gasteiger partial charge in [0.25, 0.3) is 5.91 Å². The largest absolute Gasteiger partial charge is 0.444 e. The SMILES string of the molecule is O=C(O[C@H](C(=O)Nc1cc(Cl)cc(Cl)c1)c1ccccc1)c1ccc(Cl)c(Cl)c1. The lowest BCUT2D eigenvalue weighted by atomic mass is 10.1. The zero-order valence-corrected chi connectivity index (χ0v) is 17.7. The van der Waals surface area contributed by atoms with Crippen LogP contribution in [0.4, 0.5) is 5.69 Å². The summed E-state index contributed by atoms with van der Waals surface area (Å²) in [5.74, 6) is -1.29. The van der Waals surface area contributed by atoms with Crippen molar-refractivity contribution >= 4 is 64.0 Å². The van der Waals surface area contributed by atoms with Crippen molar-refractivity contribution in [3.05, 3.63) is 97.9 Å². The number of anilines is 1. The van der Waals surface area contributed by atoms with E-state index in [1.807, 2.05) is 0 Å². The summed E-state index contributed by atoms with van der Waals surface area (Å²) in [6.07, 6.45) is -1.21. The van der Waals surface area contributed by atoms with Crippen LogP contribution in [-0.2, 0) is 9.53 Å². The van der Waals surface area contributed by atoms with Gasteiger partial charge >= 0.3 is 5.97 Å². The van der Waals surface area contributed by atoms with Crippen molar-refractivity contribution < 1.29 is 14.3 Å². The first-order valence-corrected chi connectivity index (χ1v) is 9.82. The molecule has 1 atom stereocenters. The average molecular weight is 469 g/mol. The van der Waals surface area contributed by atoms with Crippen LogP contribution in [0, 0.1) is 0 Å². The van der Waals surface area contributed by atoms with Crippen LogP contribution < -0.4 is 5.32 Å². The minimum absolute atomic E-state index is 0.166. The first kappa shape index (κ1) is 21.5. The summed E-state index contributed by atoms with van der Waals surface area (Å²) in [5.41, 5.74) is 1.03. The number of carbonyl (C=O) groups excluding carboxylic acids is 2. The van der Waals surface area contributed by atoms with Crippen molar-refractivity contribution in [3.8, 4) is 0 Å². The van der Waals surface area contributed by atoms with Crippen molar-refractivity contribution in [1.29, 1.82) is 0 Å². The Morgan fingerprint density at radius 1 is 0.793 bits per heavy atom. The summed E-state index contributed by atoms with van der Waals surface area (Å²) >= 11 is 23.8. The van der Waals surface area contributed by atoms with E-state index in [-0.39, 0.29) is 10.6 Å². The average Bonchev–Trinajstić information content (AvgIpc) is 2.67. The number of hydrogen-bond acceptors (Lipinski definition) is 3. The van der Waals surface area contributed by atoms with Gasteiger partial charge in [-0.3, -0.25) is 4.79 Å². The Morgan fingerprint density at radius 3 is 2.07 bits per heavy atom. The number of halogens is 4. The van der Waals surface area contributed by atoms with E-state index in [0.29, 0.717) is 26.3 Å². The third kappa shape index (κ3) is 5.64. The maximum atomic E-state index is 12.9. The van der Waals surface area contributed by atoms with Crippen LogP contribution in [0.1, 0.15) is 22.0 Å². The van der Waals surface area contributed by atoms with Crippen molar-refractivity contribution in [2.24, 2.45) is 0 Å². The van der Waals surface area contributed by atoms with Crippen LogP contribution in [0.25, 0.3) is 0 Å². The molecular weight excluding hydrogens is 456 g/mol. The van der Waals surface area contributed by atoms with Crippen molar-refractivity contribution in [2.45, 2.75) is 6.10 Å². The third-order valence-corrected chi connectivity index (χ3v) is 5.03. The second kappa shape index (κ2) is 9.51. The maximum absolute atomic E-state index is 12.9. The fourth-order valence-electron chi connectivity index (χ4n) is 2.53. The summed E-state index contributed by atoms with van der Waals surface area (Å²) in [6.45, 7) is 0. The van der Waals surface area contributed by atoms with Gasteiger partial charge in [-0.25, -0.2) is 4.79 Å². The molecule has 0 radical (unpaired) electrons. The minimum Gasteiger partial charge on any atom is -0.444 e. The molecule has 0 fully saturated rings. The highest BCUT2D eigenvalue weighted by atomic mass is 35.5. The normalized spacial score (nSPS) is 11.6. The van der Waals surface area contributed by atoms with Crippen LogP contribution in [0.5, 0.6) is 0 Å². The number of amides is 1. The Labute approximate surface area is 187 Å². The first-order valence-electron chi connectivity index (χ1n) is 8.31. The molecule has 4 nitrogen and oxygen atoms in total. The molecule has 3 rings (SSSR count). The van der Waals surface area contributed by atoms with E-state index in [4.69, 9.17) is 51.1 Å². The maximum Gasteiger partial charge on any atom is 0.339 e. The molecule has 0 saturated heterocycles. The van der Waals surface area contributed by atoms with Crippen molar-refractivity contribution in [3.63, 3.8) is 0 Å². The van der Waals surface area contributed by atoms with Gasteiger partial charge in [-0.15, -0.1) is 0 Å². The Morgan fingerprint density at radius 2 is 1.45 bits per heavy atom. The summed E-state index contributed by atoms with van der Waals surface area (Å²) in [4.78, 5) is 25.5. The monoisotopic (exact) mass is 467 g/mol. The molecule has 0 unspecified atom stereocenters. The molecule has 0 aliphatic rings. The van der Waals surface area contributed by atoms with Crippen molar-refractivity contribution in [2.75, 3.05) is 5.32 Å². The highest BCUT2D eigenvalue weighted by molar-refractivity contribution is 6.42. The van der Waals surface area contributed by atoms with Crippen LogP contribution in [0.2, 0.25) is 20.1 Å². The van der Waals surface area contributed by atoms with E-state index < -0.39 is 18.0 Å². The standard InChI is InChI=1S/C21H13Cl4NO3/c22-14-9-15(23)11-16(10-14)26-20(27)19(12-4-2-1-3-5-12)29-21(28)13-6-7-17(24)18(25)8-13/h1-11,19H,(H,26,27)/t19-/m0/s1. The molecular formula is C21H13Cl4NO3. The Balaban J connectivity index is 1.87. The fourth-order valence-corrected chi connectivity index (χ4v) is 3.36. The van der Waals surface area contributed by atoms with Crippen LogP contribution in [-0.4, -0.2) is 11.9 Å². The molecule has 148 valence electrons. The van der Waals surface area contributed by atoms with Gasteiger partial charge in [-0.1, -0.05) is 76.7 Å². The predicted octanol–water partition coefficient (Wildman–Crippen LogP) is 6.84. The molecule has 0 bridgehead atoms. The number of carbonyl (C=O) groups is 2. The van der Waals surface area contributed by atoms with Gasteiger partial charge in [0.15, 0.2) is 0 Å². The zero-order valence-electron chi connectivity index (χ0n) is 14.7. The molecule has 29 heavy (non-hydrogen) atoms. The molecule has 0 saturated carbocycles. The van der Waals surface area contributed by atoms with Crippen LogP contribution in [0.3, 0.4) is 0 Å². The van der Waals surface area contributed by atoms with E-state index in [0.717, 1.165) is 0 Å². The lowest BCUT2D eigenvalue weighted by molar-refractivity contribution is -0.125. The fraction of sp³-hybridized carbons (Fsp3) is 0.0476. The number of rotatable bonds is 5. The number of benzene rings is 3. The van der Waals surface area contributed by atoms with Crippen LogP contribution in [0.15, 0.2) is 66.7 Å². The molecule has 1 amide bonds. The highest BCUT2D eigenvalue weighted by Crippen LogP contribution is 2.27. The van der Waals surface area contributed by atoms with E-state index in [9.17, 15) is 9.59 Å². The summed E-state index contributed by atoms with van der Waals surface area (Å²) in [6, 6.07) is 17.5. The Kier molecular flexibility index (Phi) is 7.04. The Bertz CT molecular complexity index is 1040. The van der Waals surface area contributed by atoms with Gasteiger partial charge < -0.3 is 10.1 Å². The highest BCUT2D eigenvalue weighted by Gasteiger charge is 2.26. The lowest BCUT2D eigenvalue weighted by Gasteiger charge is -2.18. The summed E-state index contributed by atoms with van der Waals surface area (Å²) in [7, 11) is 0. The van der Waals surface area contributed by atoms with Gasteiger partial charge in [-0.2, -0.15) is 0 Å². The zero-order chi connectivity index (χ0) is 21.0. The molecule has 0 aliphatic carbocycles. The van der Waals surface area contributed by atoms with E-state index >= 15 is 0 Å². The molecule has 1 N–H and O–H groups in total. The molecule has 0 aliphatic heterocycles. The van der Waals surface area contributed by atoms with E-state index in [1.54, 1.807) is 30.3 Å². The molecule has 0 spiro atoms. The van der Waals surface area contributed by atoms with Gasteiger partial charge in [0.05, 0.1) is 15.6 Å². The molecule has 3 aromatic rings. The summed E-state index contributed by atoms with van der Waals surface area (Å²) < 4.78 is 5.49. The molecule has 3 aromatic carbocycles. The minimum atomic E-state index is -1.21. The number of esters is 1. The van der Waals surface area contributed by atoms with E-state index in [2.05, 4.69) is 5.32 Å². The third-order valence-electron chi connectivity index (χ3n) is 3.85. The second-order valence-electron chi connectivity index (χ2n) is 5.97. The second-order valence-corrected chi connectivity index (χ2v) is 7.66. The van der Waals surface area contributed by atoms with Crippen molar-refractivity contribution in [1.82, 2.24) is 0 Å². The summed E-state index contributed by atoms with van der Waals surface area (Å²) in [5, 5.41) is 3.89. The van der Waals surface area contributed by atoms with Crippen LogP contribution >= 0.6 is 46.4 Å². The lowest BCUT2D eigenvalue weighted by Crippen LogP contribution is -2.26. The van der Waals surface area contributed by atoms with Gasteiger partial charge in [0.1, 0.15) is 0 Å². The number of hydrogen-bond donors (Lipinski definition) is 1. The topological polar surface area (TPSA) is 55.4 Å². The number of nitrogens with one attached hydrogen (secondary N) is 1. The number of ether oxygens (including phenoxy) is 1. The smallest absolute Gasteiger partial charge is 0.339 e. The van der Waals surface area contributed by atoms with E-state index in [1.165, 1.54) is 36.4 Å². The molecule has 0 heterocycles. The Hall–Kier alpha value is -2.24. The molecule has 8 heteroatoms. The predicted molar refractivity (Wildman–Crippen MR) is 116 cm³/mol. The van der Waals surface area contributed by atoms with Gasteiger partial charge in [0.2, 0.25) is 6.10 Å².